The Bertz CT molecular complexity index is 1530. The van der Waals surface area contributed by atoms with Gasteiger partial charge in [-0.15, -0.1) is 0 Å². The number of pyridine rings is 1. The number of nitrogens with zero attached hydrogens (tertiary/aromatic N) is 1. The van der Waals surface area contributed by atoms with Gasteiger partial charge in [-0.2, -0.15) is 0 Å². The Morgan fingerprint density at radius 2 is 1.69 bits per heavy atom. The number of aromatic nitrogens is 1. The van der Waals surface area contributed by atoms with Crippen LogP contribution < -0.4 is 14.9 Å². The monoisotopic (exact) mass is 467 g/mol. The number of fused-ring (bicyclic) bond motifs is 2. The Morgan fingerprint density at radius 1 is 1.00 bits per heavy atom. The quantitative estimate of drug-likeness (QED) is 0.439. The molecular formula is C24H18ClNO5S. The van der Waals surface area contributed by atoms with Gasteiger partial charge in [-0.3, -0.25) is 4.79 Å². The molecule has 0 bridgehead atoms. The summed E-state index contributed by atoms with van der Waals surface area (Å²) in [6, 6.07) is 16.9. The molecular weight excluding hydrogens is 450 g/mol. The molecule has 0 saturated carbocycles. The normalized spacial score (nSPS) is 12.9. The first-order valence-corrected chi connectivity index (χ1v) is 11.7. The van der Waals surface area contributed by atoms with E-state index in [1.165, 1.54) is 24.4 Å². The van der Waals surface area contributed by atoms with Gasteiger partial charge in [-0.25, -0.2) is 8.42 Å². The van der Waals surface area contributed by atoms with Crippen LogP contribution in [0.5, 0.6) is 11.5 Å². The van der Waals surface area contributed by atoms with E-state index in [4.69, 9.17) is 21.1 Å². The lowest BCUT2D eigenvalue weighted by molar-refractivity contribution is 0.174. The third-order valence-electron chi connectivity index (χ3n) is 5.46. The number of ether oxygens (including phenoxy) is 2. The van der Waals surface area contributed by atoms with Gasteiger partial charge in [-0.05, 0) is 36.8 Å². The average Bonchev–Trinajstić information content (AvgIpc) is 3.24. The topological polar surface area (TPSA) is 74.6 Å². The van der Waals surface area contributed by atoms with E-state index in [-0.39, 0.29) is 28.5 Å². The fraction of sp³-hybridized carbons (Fsp3) is 0.125. The average molecular weight is 468 g/mol. The minimum Gasteiger partial charge on any atom is -0.454 e. The van der Waals surface area contributed by atoms with Gasteiger partial charge in [-0.1, -0.05) is 47.5 Å². The zero-order chi connectivity index (χ0) is 22.5. The number of hydrogen-bond donors (Lipinski definition) is 0. The number of benzene rings is 3. The van der Waals surface area contributed by atoms with Crippen LogP contribution in [-0.2, 0) is 16.4 Å². The zero-order valence-corrected chi connectivity index (χ0v) is 18.6. The Labute approximate surface area is 189 Å². The van der Waals surface area contributed by atoms with E-state index < -0.39 is 15.3 Å². The summed E-state index contributed by atoms with van der Waals surface area (Å²) in [4.78, 5) is 13.1. The summed E-state index contributed by atoms with van der Waals surface area (Å²) in [6.45, 7) is 2.18. The lowest BCUT2D eigenvalue weighted by atomic mass is 10.1. The summed E-state index contributed by atoms with van der Waals surface area (Å²) in [5.74, 6) is 0.905. The molecule has 0 fully saturated rings. The van der Waals surface area contributed by atoms with E-state index in [0.717, 1.165) is 11.1 Å². The number of hydrogen-bond acceptors (Lipinski definition) is 5. The minimum absolute atomic E-state index is 0.0406. The van der Waals surface area contributed by atoms with E-state index in [0.29, 0.717) is 22.0 Å². The summed E-state index contributed by atoms with van der Waals surface area (Å²) >= 11 is 6.35. The van der Waals surface area contributed by atoms with E-state index in [1.54, 1.807) is 28.8 Å². The van der Waals surface area contributed by atoms with Crippen LogP contribution in [0.15, 0.2) is 81.4 Å². The first-order chi connectivity index (χ1) is 15.3. The van der Waals surface area contributed by atoms with Gasteiger partial charge >= 0.3 is 0 Å². The lowest BCUT2D eigenvalue weighted by Crippen LogP contribution is -2.19. The molecule has 1 aliphatic heterocycles. The van der Waals surface area contributed by atoms with Crippen LogP contribution in [0, 0.1) is 6.92 Å². The minimum atomic E-state index is -4.06. The van der Waals surface area contributed by atoms with Gasteiger partial charge in [0, 0.05) is 23.8 Å². The largest absolute Gasteiger partial charge is 0.454 e. The van der Waals surface area contributed by atoms with Crippen LogP contribution in [0.1, 0.15) is 11.1 Å². The molecule has 0 saturated heterocycles. The molecule has 162 valence electrons. The summed E-state index contributed by atoms with van der Waals surface area (Å²) in [6.07, 6.45) is 1.38. The summed E-state index contributed by atoms with van der Waals surface area (Å²) in [5.41, 5.74) is 1.65. The molecule has 0 radical (unpaired) electrons. The number of sulfone groups is 1. The van der Waals surface area contributed by atoms with Crippen molar-refractivity contribution in [1.82, 2.24) is 4.57 Å². The van der Waals surface area contributed by atoms with Crippen LogP contribution in [0.4, 0.5) is 0 Å². The molecule has 0 aliphatic carbocycles. The van der Waals surface area contributed by atoms with E-state index in [2.05, 4.69) is 0 Å². The fourth-order valence-corrected chi connectivity index (χ4v) is 5.29. The second-order valence-electron chi connectivity index (χ2n) is 7.58. The predicted octanol–water partition coefficient (Wildman–Crippen LogP) is 4.57. The molecule has 2 heterocycles. The highest BCUT2D eigenvalue weighted by atomic mass is 35.5. The Balaban J connectivity index is 1.78. The van der Waals surface area contributed by atoms with Crippen molar-refractivity contribution in [2.24, 2.45) is 0 Å². The zero-order valence-electron chi connectivity index (χ0n) is 17.0. The van der Waals surface area contributed by atoms with Gasteiger partial charge in [0.2, 0.25) is 22.1 Å². The molecule has 8 heteroatoms. The van der Waals surface area contributed by atoms with Crippen molar-refractivity contribution in [3.8, 4) is 11.5 Å². The van der Waals surface area contributed by atoms with Gasteiger partial charge in [0.15, 0.2) is 11.5 Å². The van der Waals surface area contributed by atoms with Crippen LogP contribution >= 0.6 is 11.6 Å². The molecule has 4 aromatic rings. The number of halogens is 1. The van der Waals surface area contributed by atoms with Crippen molar-refractivity contribution < 1.29 is 17.9 Å². The SMILES string of the molecule is Cc1ccc(S(=O)(=O)c2cn(Cc3ccccc3Cl)c3cc4c(cc3c2=O)OCO4)cc1. The third-order valence-corrected chi connectivity index (χ3v) is 7.59. The second-order valence-corrected chi connectivity index (χ2v) is 9.91. The molecule has 0 unspecified atom stereocenters. The van der Waals surface area contributed by atoms with Gasteiger partial charge in [0.25, 0.3) is 0 Å². The van der Waals surface area contributed by atoms with Crippen molar-refractivity contribution in [2.75, 3.05) is 6.79 Å². The van der Waals surface area contributed by atoms with E-state index >= 15 is 0 Å². The predicted molar refractivity (Wildman–Crippen MR) is 122 cm³/mol. The molecule has 3 aromatic carbocycles. The highest BCUT2D eigenvalue weighted by molar-refractivity contribution is 7.91. The molecule has 0 amide bonds. The maximum absolute atomic E-state index is 13.4. The van der Waals surface area contributed by atoms with Crippen LogP contribution in [0.3, 0.4) is 0 Å². The second kappa shape index (κ2) is 7.69. The highest BCUT2D eigenvalue weighted by Gasteiger charge is 2.26. The van der Waals surface area contributed by atoms with Crippen LogP contribution in [0.25, 0.3) is 10.9 Å². The third kappa shape index (κ3) is 3.43. The van der Waals surface area contributed by atoms with Gasteiger partial charge in [0.05, 0.1) is 15.8 Å². The maximum atomic E-state index is 13.4. The Morgan fingerprint density at radius 3 is 2.41 bits per heavy atom. The smallest absolute Gasteiger partial charge is 0.231 e. The first-order valence-electron chi connectivity index (χ1n) is 9.86. The van der Waals surface area contributed by atoms with Gasteiger partial charge < -0.3 is 14.0 Å². The molecule has 5 rings (SSSR count). The molecule has 32 heavy (non-hydrogen) atoms. The van der Waals surface area contributed by atoms with Crippen molar-refractivity contribution in [3.05, 3.63) is 93.2 Å². The summed E-state index contributed by atoms with van der Waals surface area (Å²) < 4.78 is 39.4. The summed E-state index contributed by atoms with van der Waals surface area (Å²) in [5, 5.41) is 0.775. The molecule has 0 spiro atoms. The van der Waals surface area contributed by atoms with Crippen LogP contribution in [0.2, 0.25) is 5.02 Å². The first kappa shape index (κ1) is 20.6. The van der Waals surface area contributed by atoms with E-state index in [9.17, 15) is 13.2 Å². The van der Waals surface area contributed by atoms with E-state index in [1.807, 2.05) is 25.1 Å². The highest BCUT2D eigenvalue weighted by Crippen LogP contribution is 2.36. The molecule has 0 N–H and O–H groups in total. The summed E-state index contributed by atoms with van der Waals surface area (Å²) in [7, 11) is -4.06. The van der Waals surface area contributed by atoms with Crippen molar-refractivity contribution >= 4 is 32.3 Å². The Kier molecular flexibility index (Phi) is 4.95. The Hall–Kier alpha value is -3.29. The number of aryl methyl sites for hydroxylation is 1. The fourth-order valence-electron chi connectivity index (χ4n) is 3.73. The lowest BCUT2D eigenvalue weighted by Gasteiger charge is -2.15. The molecule has 1 aromatic heterocycles. The standard InChI is InChI=1S/C24H18ClNO5S/c1-15-6-8-17(9-7-15)32(28,29)23-13-26(12-16-4-2-3-5-19(16)25)20-11-22-21(30-14-31-22)10-18(20)24(23)27/h2-11,13H,12,14H2,1H3. The van der Waals surface area contributed by atoms with Crippen LogP contribution in [-0.4, -0.2) is 19.8 Å². The van der Waals surface area contributed by atoms with Crippen molar-refractivity contribution in [1.29, 1.82) is 0 Å². The molecule has 1 aliphatic rings. The van der Waals surface area contributed by atoms with Crippen molar-refractivity contribution in [3.63, 3.8) is 0 Å². The van der Waals surface area contributed by atoms with Crippen molar-refractivity contribution in [2.45, 2.75) is 23.3 Å². The van der Waals surface area contributed by atoms with Gasteiger partial charge in [0.1, 0.15) is 4.90 Å². The molecule has 6 nitrogen and oxygen atoms in total. The number of rotatable bonds is 4. The molecule has 0 atom stereocenters. The maximum Gasteiger partial charge on any atom is 0.231 e.